The van der Waals surface area contributed by atoms with Gasteiger partial charge in [0.1, 0.15) is 32.3 Å². The predicted molar refractivity (Wildman–Crippen MR) is 254 cm³/mol. The Bertz CT molecular complexity index is 2930. The molecule has 0 saturated carbocycles. The number of hydrogen-bond acceptors (Lipinski definition) is 15. The monoisotopic (exact) mass is 976 g/mol. The number of carbonyl (C=O) groups excluding carboxylic acids is 6. The summed E-state index contributed by atoms with van der Waals surface area (Å²) in [7, 11) is 0. The number of nitrogens with one attached hydrogen (secondary N) is 5. The van der Waals surface area contributed by atoms with Crippen LogP contribution in [-0.4, -0.2) is 102 Å². The molecule has 3 aromatic carbocycles. The second-order valence-electron chi connectivity index (χ2n) is 16.8. The van der Waals surface area contributed by atoms with Crippen molar-refractivity contribution in [3.63, 3.8) is 0 Å². The number of rotatable bonds is 22. The van der Waals surface area contributed by atoms with E-state index in [-0.39, 0.29) is 69.6 Å². The molecule has 0 saturated heterocycles. The number of carbonyl (C=O) groups is 6. The Balaban J connectivity index is 0.789. The molecule has 10 N–H and O–H groups in total. The third-order valence-electron chi connectivity index (χ3n) is 11.9. The van der Waals surface area contributed by atoms with E-state index in [1.165, 1.54) is 28.8 Å². The second-order valence-corrected chi connectivity index (χ2v) is 16.8. The smallest absolute Gasteiger partial charge is 0.407 e. The Kier molecular flexibility index (Phi) is 16.4. The molecular formula is C49H53FN10O11. The fraction of sp³-hybridized carbons (Fsp3) is 0.306. The molecule has 0 spiro atoms. The molecule has 0 fully saturated rings. The molecule has 2 aliphatic rings. The zero-order chi connectivity index (χ0) is 50.8. The maximum atomic E-state index is 14.8. The summed E-state index contributed by atoms with van der Waals surface area (Å²) in [5.41, 5.74) is 13.5. The van der Waals surface area contributed by atoms with Crippen LogP contribution >= 0.6 is 0 Å². The summed E-state index contributed by atoms with van der Waals surface area (Å²) in [4.78, 5) is 90.7. The minimum absolute atomic E-state index is 0.0638. The highest BCUT2D eigenvalue weighted by molar-refractivity contribution is 5.91. The molecule has 372 valence electrons. The molecule has 5 amide bonds. The Morgan fingerprint density at radius 3 is 2.13 bits per heavy atom. The number of benzene rings is 3. The highest BCUT2D eigenvalue weighted by Gasteiger charge is 2.31. The number of aliphatic hydroxyl groups is 1. The molecule has 0 radical (unpaired) electrons. The van der Waals surface area contributed by atoms with Crippen molar-refractivity contribution in [2.75, 3.05) is 46.1 Å². The summed E-state index contributed by atoms with van der Waals surface area (Å²) in [5.74, 6) is 3.21. The number of amides is 5. The SMILES string of the molecule is Cc1cc2c(CN(N)/C=C(\N)CCOCNC(=O)CNC(=O)CNC(=O)CNC(=O)CNC(=O)OCC3c4ccccc4-c4ccccc43)c3c(nc2cc1F)-c1cc(C(C)O)c(COC=O)c(=O)n1C3. The van der Waals surface area contributed by atoms with Crippen LogP contribution in [0.4, 0.5) is 9.18 Å². The molecule has 21 nitrogen and oxygen atoms in total. The van der Waals surface area contributed by atoms with Crippen molar-refractivity contribution < 1.29 is 52.5 Å². The lowest BCUT2D eigenvalue weighted by Gasteiger charge is -2.19. The number of aliphatic hydroxyl groups excluding tert-OH is 1. The maximum absolute atomic E-state index is 14.8. The fourth-order valence-corrected chi connectivity index (χ4v) is 8.40. The zero-order valence-corrected chi connectivity index (χ0v) is 38.8. The third kappa shape index (κ3) is 12.2. The van der Waals surface area contributed by atoms with E-state index in [0.717, 1.165) is 22.3 Å². The number of nitrogens with zero attached hydrogens (tertiary/aromatic N) is 3. The van der Waals surface area contributed by atoms with E-state index in [1.54, 1.807) is 19.1 Å². The Labute approximate surface area is 405 Å². The molecule has 1 aliphatic carbocycles. The number of halogens is 1. The minimum atomic E-state index is -1.07. The van der Waals surface area contributed by atoms with Crippen LogP contribution in [0.25, 0.3) is 33.4 Å². The van der Waals surface area contributed by atoms with E-state index in [0.29, 0.717) is 44.7 Å². The minimum Gasteiger partial charge on any atom is -0.463 e. The molecule has 0 bridgehead atoms. The standard InChI is InChI=1S/C49H53FN10O11/c1-27-13-35-36(37-22-60-42(47(37)58-41(35)15-40(27)50)14-34(28(2)62)39(48(60)67)23-70-26-61)21-59(52)20-29(51)11-12-69-25-57-46(66)18-55-44(64)16-53-43(63)17-54-45(65)19-56-49(68)71-24-38-32-9-5-3-7-30(32)31-8-4-6-10-33(31)38/h3-10,13-15,20,26,28,38,62H,11-12,16-19,21-25,51-52H2,1-2H3,(H,53,63)(H,54,65)(H,55,64)(H,56,68)(H,57,66)/b29-20-. The van der Waals surface area contributed by atoms with Gasteiger partial charge in [0, 0.05) is 41.3 Å². The molecule has 5 aromatic rings. The van der Waals surface area contributed by atoms with Crippen molar-refractivity contribution in [1.82, 2.24) is 41.1 Å². The van der Waals surface area contributed by atoms with E-state index >= 15 is 0 Å². The van der Waals surface area contributed by atoms with Gasteiger partial charge in [-0.25, -0.2) is 20.0 Å². The van der Waals surface area contributed by atoms with Crippen molar-refractivity contribution in [1.29, 1.82) is 0 Å². The van der Waals surface area contributed by atoms with Gasteiger partial charge < -0.3 is 61.2 Å². The Morgan fingerprint density at radius 2 is 1.51 bits per heavy atom. The van der Waals surface area contributed by atoms with Gasteiger partial charge in [0.05, 0.1) is 67.9 Å². The molecule has 1 atom stereocenters. The predicted octanol–water partition coefficient (Wildman–Crippen LogP) is 1.44. The quantitative estimate of drug-likeness (QED) is 0.0157. The molecule has 1 unspecified atom stereocenters. The molecule has 7 rings (SSSR count). The number of aryl methyl sites for hydroxylation is 1. The van der Waals surface area contributed by atoms with Crippen LogP contribution in [0.2, 0.25) is 0 Å². The fourth-order valence-electron chi connectivity index (χ4n) is 8.40. The maximum Gasteiger partial charge on any atom is 0.407 e. The first-order chi connectivity index (χ1) is 34.1. The van der Waals surface area contributed by atoms with Crippen LogP contribution in [0.15, 0.2) is 83.4 Å². The molecule has 1 aliphatic heterocycles. The van der Waals surface area contributed by atoms with Gasteiger partial charge in [-0.2, -0.15) is 0 Å². The first-order valence-electron chi connectivity index (χ1n) is 22.5. The van der Waals surface area contributed by atoms with E-state index < -0.39 is 73.4 Å². The number of hydrogen-bond donors (Lipinski definition) is 8. The largest absolute Gasteiger partial charge is 0.463 e. The summed E-state index contributed by atoms with van der Waals surface area (Å²) >= 11 is 0. The summed E-state index contributed by atoms with van der Waals surface area (Å²) in [6.45, 7) is 1.23. The van der Waals surface area contributed by atoms with Crippen LogP contribution in [0.1, 0.15) is 64.3 Å². The van der Waals surface area contributed by atoms with Crippen LogP contribution in [0.5, 0.6) is 0 Å². The van der Waals surface area contributed by atoms with Gasteiger partial charge in [0.2, 0.25) is 23.6 Å². The van der Waals surface area contributed by atoms with Crippen LogP contribution in [0.3, 0.4) is 0 Å². The number of pyridine rings is 2. The number of ether oxygens (including phenoxy) is 3. The van der Waals surface area contributed by atoms with Crippen molar-refractivity contribution in [2.24, 2.45) is 11.6 Å². The lowest BCUT2D eigenvalue weighted by molar-refractivity contribution is -0.130. The lowest BCUT2D eigenvalue weighted by Crippen LogP contribution is -2.45. The zero-order valence-electron chi connectivity index (χ0n) is 38.8. The molecule has 2 aromatic heterocycles. The highest BCUT2D eigenvalue weighted by atomic mass is 19.1. The Hall–Kier alpha value is -8.21. The molecule has 22 heteroatoms. The summed E-state index contributed by atoms with van der Waals surface area (Å²) < 4.78 is 32.1. The third-order valence-corrected chi connectivity index (χ3v) is 11.9. The summed E-state index contributed by atoms with van der Waals surface area (Å²) in [6, 6.07) is 20.3. The topological polar surface area (TPSA) is 301 Å². The summed E-state index contributed by atoms with van der Waals surface area (Å²) in [6.07, 6.45) is -0.184. The number of alkyl carbamates (subject to hydrolysis) is 1. The first-order valence-corrected chi connectivity index (χ1v) is 22.5. The van der Waals surface area contributed by atoms with E-state index in [4.69, 9.17) is 30.8 Å². The number of aromatic nitrogens is 2. The van der Waals surface area contributed by atoms with E-state index in [9.17, 15) is 43.1 Å². The number of hydrazine groups is 1. The average molecular weight is 977 g/mol. The highest BCUT2D eigenvalue weighted by Crippen LogP contribution is 2.44. The van der Waals surface area contributed by atoms with Gasteiger partial charge >= 0.3 is 6.09 Å². The van der Waals surface area contributed by atoms with Gasteiger partial charge in [-0.05, 0) is 64.9 Å². The van der Waals surface area contributed by atoms with E-state index in [2.05, 4.69) is 26.6 Å². The second kappa shape index (κ2) is 22.9. The molecule has 3 heterocycles. The normalized spacial score (nSPS) is 12.7. The van der Waals surface area contributed by atoms with Crippen molar-refractivity contribution in [3.05, 3.63) is 134 Å². The van der Waals surface area contributed by atoms with Crippen molar-refractivity contribution in [2.45, 2.75) is 52.0 Å². The number of nitrogens with two attached hydrogens (primary N) is 2. The van der Waals surface area contributed by atoms with Crippen LogP contribution < -0.4 is 43.7 Å². The molecular weight excluding hydrogens is 924 g/mol. The first kappa shape index (κ1) is 50.7. The molecule has 71 heavy (non-hydrogen) atoms. The van der Waals surface area contributed by atoms with Crippen LogP contribution in [0, 0.1) is 12.7 Å². The van der Waals surface area contributed by atoms with Crippen molar-refractivity contribution >= 4 is 47.1 Å². The van der Waals surface area contributed by atoms with Crippen LogP contribution in [-0.2, 0) is 57.9 Å². The van der Waals surface area contributed by atoms with E-state index in [1.807, 2.05) is 48.5 Å². The lowest BCUT2D eigenvalue weighted by atomic mass is 9.98. The Morgan fingerprint density at radius 1 is 0.901 bits per heavy atom. The summed E-state index contributed by atoms with van der Waals surface area (Å²) in [5, 5.41) is 24.3. The van der Waals surface area contributed by atoms with Gasteiger partial charge in [0.25, 0.3) is 12.0 Å². The average Bonchev–Trinajstić information content (AvgIpc) is 3.88. The van der Waals surface area contributed by atoms with Gasteiger partial charge in [-0.1, -0.05) is 48.5 Å². The van der Waals surface area contributed by atoms with Gasteiger partial charge in [0.15, 0.2) is 0 Å². The number of fused-ring (bicyclic) bond motifs is 7. The van der Waals surface area contributed by atoms with Gasteiger partial charge in [-0.15, -0.1) is 0 Å². The van der Waals surface area contributed by atoms with Gasteiger partial charge in [-0.3, -0.25) is 28.8 Å². The van der Waals surface area contributed by atoms with Crippen molar-refractivity contribution in [3.8, 4) is 22.5 Å².